The lowest BCUT2D eigenvalue weighted by molar-refractivity contribution is 0.249. The van der Waals surface area contributed by atoms with Crippen molar-refractivity contribution in [1.82, 2.24) is 0 Å². The van der Waals surface area contributed by atoms with Crippen molar-refractivity contribution in [2.75, 3.05) is 6.61 Å². The summed E-state index contributed by atoms with van der Waals surface area (Å²) in [5, 5.41) is 0. The lowest BCUT2D eigenvalue weighted by atomic mass is 10.0. The van der Waals surface area contributed by atoms with Gasteiger partial charge in [-0.05, 0) is 43.7 Å². The third-order valence-corrected chi connectivity index (χ3v) is 3.53. The first-order valence-corrected chi connectivity index (χ1v) is 7.54. The summed E-state index contributed by atoms with van der Waals surface area (Å²) < 4.78 is 6.00. The van der Waals surface area contributed by atoms with E-state index in [1.807, 2.05) is 0 Å². The summed E-state index contributed by atoms with van der Waals surface area (Å²) in [5.41, 5.74) is 8.59. The van der Waals surface area contributed by atoms with Crippen LogP contribution in [0, 0.1) is 12.8 Å². The molecule has 2 atom stereocenters. The Morgan fingerprint density at radius 3 is 2.63 bits per heavy atom. The molecular weight excluding hydrogens is 234 g/mol. The van der Waals surface area contributed by atoms with Crippen LogP contribution in [0.1, 0.15) is 51.2 Å². The van der Waals surface area contributed by atoms with Crippen molar-refractivity contribution in [1.29, 1.82) is 0 Å². The highest BCUT2D eigenvalue weighted by Crippen LogP contribution is 2.23. The summed E-state index contributed by atoms with van der Waals surface area (Å²) in [6.45, 7) is 9.50. The molecule has 0 radical (unpaired) electrons. The van der Waals surface area contributed by atoms with Gasteiger partial charge in [0, 0.05) is 6.04 Å². The van der Waals surface area contributed by atoms with Gasteiger partial charge in [-0.15, -0.1) is 0 Å². The number of ether oxygens (including phenoxy) is 1. The molecule has 1 rings (SSSR count). The zero-order valence-corrected chi connectivity index (χ0v) is 12.9. The minimum Gasteiger partial charge on any atom is -0.493 e. The zero-order valence-electron chi connectivity index (χ0n) is 12.9. The minimum atomic E-state index is 0.220. The maximum atomic E-state index is 6.07. The van der Waals surface area contributed by atoms with Crippen molar-refractivity contribution < 1.29 is 4.74 Å². The summed E-state index contributed by atoms with van der Waals surface area (Å²) in [7, 11) is 0. The fourth-order valence-corrected chi connectivity index (χ4v) is 2.24. The second-order valence-corrected chi connectivity index (χ2v) is 5.69. The van der Waals surface area contributed by atoms with Crippen LogP contribution in [-0.4, -0.2) is 12.6 Å². The second kappa shape index (κ2) is 8.21. The van der Waals surface area contributed by atoms with Crippen LogP contribution in [0.5, 0.6) is 5.75 Å². The van der Waals surface area contributed by atoms with Gasteiger partial charge in [-0.25, -0.2) is 0 Å². The van der Waals surface area contributed by atoms with Crippen molar-refractivity contribution in [3.05, 3.63) is 29.3 Å². The van der Waals surface area contributed by atoms with E-state index in [0.29, 0.717) is 5.92 Å². The fraction of sp³-hybridized carbons (Fsp3) is 0.647. The van der Waals surface area contributed by atoms with E-state index in [2.05, 4.69) is 45.9 Å². The number of hydrogen-bond donors (Lipinski definition) is 1. The lowest BCUT2D eigenvalue weighted by Crippen LogP contribution is -2.22. The summed E-state index contributed by atoms with van der Waals surface area (Å²) in [6, 6.07) is 6.62. The number of aryl methyl sites for hydroxylation is 1. The lowest BCUT2D eigenvalue weighted by Gasteiger charge is -2.17. The molecule has 0 aromatic heterocycles. The number of rotatable bonds is 8. The van der Waals surface area contributed by atoms with Gasteiger partial charge in [0.2, 0.25) is 0 Å². The van der Waals surface area contributed by atoms with E-state index in [1.165, 1.54) is 24.0 Å². The minimum absolute atomic E-state index is 0.220. The van der Waals surface area contributed by atoms with Crippen LogP contribution in [0.4, 0.5) is 0 Å². The molecule has 2 unspecified atom stereocenters. The van der Waals surface area contributed by atoms with Crippen LogP contribution < -0.4 is 10.5 Å². The van der Waals surface area contributed by atoms with Crippen molar-refractivity contribution in [2.24, 2.45) is 11.7 Å². The predicted molar refractivity (Wildman–Crippen MR) is 82.7 cm³/mol. The van der Waals surface area contributed by atoms with Crippen LogP contribution in [0.15, 0.2) is 18.2 Å². The first kappa shape index (κ1) is 16.0. The Morgan fingerprint density at radius 1 is 1.26 bits per heavy atom. The maximum absolute atomic E-state index is 6.07. The molecule has 0 amide bonds. The predicted octanol–water partition coefficient (Wildman–Crippen LogP) is 4.09. The molecule has 0 aliphatic carbocycles. The SMILES string of the molecule is CCCC(C)COc1ccc(C)cc1CC(N)CC. The topological polar surface area (TPSA) is 35.2 Å². The Bertz CT molecular complexity index is 376. The molecule has 2 N–H and O–H groups in total. The van der Waals surface area contributed by atoms with Gasteiger partial charge in [0.25, 0.3) is 0 Å². The van der Waals surface area contributed by atoms with Gasteiger partial charge in [0.1, 0.15) is 5.75 Å². The van der Waals surface area contributed by atoms with Crippen molar-refractivity contribution in [3.8, 4) is 5.75 Å². The molecule has 1 aromatic rings. The van der Waals surface area contributed by atoms with Gasteiger partial charge in [-0.3, -0.25) is 0 Å². The average molecular weight is 263 g/mol. The van der Waals surface area contributed by atoms with Gasteiger partial charge in [-0.2, -0.15) is 0 Å². The van der Waals surface area contributed by atoms with Crippen LogP contribution >= 0.6 is 0 Å². The summed E-state index contributed by atoms with van der Waals surface area (Å²) >= 11 is 0. The van der Waals surface area contributed by atoms with E-state index >= 15 is 0 Å². The van der Waals surface area contributed by atoms with Crippen molar-refractivity contribution in [2.45, 2.75) is 59.4 Å². The molecule has 0 fully saturated rings. The Morgan fingerprint density at radius 2 is 2.00 bits per heavy atom. The second-order valence-electron chi connectivity index (χ2n) is 5.69. The highest BCUT2D eigenvalue weighted by atomic mass is 16.5. The molecule has 0 spiro atoms. The smallest absolute Gasteiger partial charge is 0.122 e. The van der Waals surface area contributed by atoms with E-state index in [9.17, 15) is 0 Å². The van der Waals surface area contributed by atoms with Gasteiger partial charge in [0.05, 0.1) is 6.61 Å². The molecule has 0 heterocycles. The van der Waals surface area contributed by atoms with Crippen LogP contribution in [0.2, 0.25) is 0 Å². The van der Waals surface area contributed by atoms with Gasteiger partial charge in [0.15, 0.2) is 0 Å². The first-order chi connectivity index (χ1) is 9.06. The molecule has 0 aliphatic rings. The molecule has 0 bridgehead atoms. The Labute approximate surface area is 118 Å². The first-order valence-electron chi connectivity index (χ1n) is 7.54. The van der Waals surface area contributed by atoms with Crippen LogP contribution in [0.25, 0.3) is 0 Å². The fourth-order valence-electron chi connectivity index (χ4n) is 2.24. The van der Waals surface area contributed by atoms with Gasteiger partial charge in [-0.1, -0.05) is 44.9 Å². The molecule has 2 nitrogen and oxygen atoms in total. The maximum Gasteiger partial charge on any atom is 0.122 e. The average Bonchev–Trinajstić information content (AvgIpc) is 2.38. The van der Waals surface area contributed by atoms with Crippen LogP contribution in [-0.2, 0) is 6.42 Å². The summed E-state index contributed by atoms with van der Waals surface area (Å²) in [6.07, 6.45) is 4.33. The number of benzene rings is 1. The van der Waals surface area contributed by atoms with Gasteiger partial charge >= 0.3 is 0 Å². The summed E-state index contributed by atoms with van der Waals surface area (Å²) in [5.74, 6) is 1.62. The molecule has 19 heavy (non-hydrogen) atoms. The molecule has 0 saturated carbocycles. The van der Waals surface area contributed by atoms with Gasteiger partial charge < -0.3 is 10.5 Å². The number of nitrogens with two attached hydrogens (primary N) is 1. The molecule has 0 aliphatic heterocycles. The summed E-state index contributed by atoms with van der Waals surface area (Å²) in [4.78, 5) is 0. The van der Waals surface area contributed by atoms with E-state index < -0.39 is 0 Å². The zero-order chi connectivity index (χ0) is 14.3. The molecule has 2 heteroatoms. The van der Waals surface area contributed by atoms with E-state index in [4.69, 9.17) is 10.5 Å². The third-order valence-electron chi connectivity index (χ3n) is 3.53. The van der Waals surface area contributed by atoms with Crippen LogP contribution in [0.3, 0.4) is 0 Å². The molecule has 108 valence electrons. The Kier molecular flexibility index (Phi) is 6.93. The molecule has 1 aromatic carbocycles. The molecule has 0 saturated heterocycles. The largest absolute Gasteiger partial charge is 0.493 e. The standard InChI is InChI=1S/C17H29NO/c1-5-7-14(4)12-19-17-9-8-13(3)10-15(17)11-16(18)6-2/h8-10,14,16H,5-7,11-12,18H2,1-4H3. The number of hydrogen-bond acceptors (Lipinski definition) is 2. The highest BCUT2D eigenvalue weighted by Gasteiger charge is 2.10. The monoisotopic (exact) mass is 263 g/mol. The van der Waals surface area contributed by atoms with Crippen molar-refractivity contribution >= 4 is 0 Å². The highest BCUT2D eigenvalue weighted by molar-refractivity contribution is 5.37. The molecular formula is C17H29NO. The Hall–Kier alpha value is -1.02. The third kappa shape index (κ3) is 5.65. The van der Waals surface area contributed by atoms with E-state index in [-0.39, 0.29) is 6.04 Å². The van der Waals surface area contributed by atoms with E-state index in [1.54, 1.807) is 0 Å². The quantitative estimate of drug-likeness (QED) is 0.766. The Balaban J connectivity index is 2.70. The van der Waals surface area contributed by atoms with Crippen molar-refractivity contribution in [3.63, 3.8) is 0 Å². The normalized spacial score (nSPS) is 14.2. The van der Waals surface area contributed by atoms with E-state index in [0.717, 1.165) is 25.2 Å².